The van der Waals surface area contributed by atoms with Gasteiger partial charge in [0.15, 0.2) is 0 Å². The van der Waals surface area contributed by atoms with E-state index in [0.29, 0.717) is 11.1 Å². The average molecular weight is 365 g/mol. The van der Waals surface area contributed by atoms with Crippen molar-refractivity contribution in [3.63, 3.8) is 0 Å². The van der Waals surface area contributed by atoms with Crippen LogP contribution in [0.15, 0.2) is 48.5 Å². The van der Waals surface area contributed by atoms with Gasteiger partial charge in [-0.3, -0.25) is 0 Å². The number of halogens is 6. The highest BCUT2D eigenvalue weighted by atomic mass is 19.4. The molecular weight excluding hydrogens is 352 g/mol. The average Bonchev–Trinajstić information content (AvgIpc) is 2.53. The van der Waals surface area contributed by atoms with Crippen molar-refractivity contribution in [1.82, 2.24) is 0 Å². The third-order valence-corrected chi connectivity index (χ3v) is 3.00. The second-order valence-corrected chi connectivity index (χ2v) is 4.71. The number of carbonyl (C=O) groups is 1. The van der Waals surface area contributed by atoms with Crippen molar-refractivity contribution >= 4 is 5.97 Å². The van der Waals surface area contributed by atoms with Crippen LogP contribution < -0.4 is 5.73 Å². The number of aliphatic carboxylic acids is 1. The molecule has 0 aliphatic carbocycles. The minimum Gasteiger partial charge on any atom is -0.475 e. The first-order chi connectivity index (χ1) is 11.5. The minimum atomic E-state index is -5.08. The van der Waals surface area contributed by atoms with Crippen LogP contribution in [0.25, 0.3) is 11.1 Å². The summed E-state index contributed by atoms with van der Waals surface area (Å²) < 4.78 is 70.6. The molecule has 0 bridgehead atoms. The molecule has 0 heterocycles. The Kier molecular flexibility index (Phi) is 6.57. The molecule has 2 rings (SSSR count). The first kappa shape index (κ1) is 20.5. The van der Waals surface area contributed by atoms with Crippen LogP contribution in [0.1, 0.15) is 11.1 Å². The zero-order chi connectivity index (χ0) is 19.3. The van der Waals surface area contributed by atoms with Crippen molar-refractivity contribution in [2.45, 2.75) is 18.9 Å². The second kappa shape index (κ2) is 8.02. The van der Waals surface area contributed by atoms with E-state index in [1.54, 1.807) is 30.3 Å². The molecule has 136 valence electrons. The Labute approximate surface area is 138 Å². The van der Waals surface area contributed by atoms with Crippen LogP contribution in [0.3, 0.4) is 0 Å². The van der Waals surface area contributed by atoms with Gasteiger partial charge < -0.3 is 10.8 Å². The molecule has 0 saturated carbocycles. The molecule has 0 atom stereocenters. The molecule has 0 radical (unpaired) electrons. The van der Waals surface area contributed by atoms with Gasteiger partial charge in [-0.05, 0) is 22.8 Å². The Morgan fingerprint density at radius 3 is 1.76 bits per heavy atom. The van der Waals surface area contributed by atoms with Gasteiger partial charge in [-0.25, -0.2) is 4.79 Å². The Bertz CT molecular complexity index is 725. The number of benzene rings is 2. The summed E-state index contributed by atoms with van der Waals surface area (Å²) >= 11 is 0. The number of alkyl halides is 6. The predicted octanol–water partition coefficient (Wildman–Crippen LogP) is 4.46. The van der Waals surface area contributed by atoms with E-state index in [9.17, 15) is 26.3 Å². The maximum Gasteiger partial charge on any atom is 0.490 e. The van der Waals surface area contributed by atoms with Crippen molar-refractivity contribution in [3.8, 4) is 11.1 Å². The van der Waals surface area contributed by atoms with Gasteiger partial charge in [-0.15, -0.1) is 0 Å². The van der Waals surface area contributed by atoms with Gasteiger partial charge in [0.25, 0.3) is 0 Å². The van der Waals surface area contributed by atoms with E-state index in [4.69, 9.17) is 15.6 Å². The summed E-state index contributed by atoms with van der Waals surface area (Å²) in [4.78, 5) is 8.90. The van der Waals surface area contributed by atoms with E-state index < -0.39 is 23.9 Å². The van der Waals surface area contributed by atoms with E-state index in [0.717, 1.165) is 6.07 Å². The summed E-state index contributed by atoms with van der Waals surface area (Å²) in [5.41, 5.74) is 6.34. The number of nitrogens with two attached hydrogens (primary N) is 1. The van der Waals surface area contributed by atoms with Gasteiger partial charge >= 0.3 is 18.3 Å². The van der Waals surface area contributed by atoms with Crippen molar-refractivity contribution in [3.05, 3.63) is 59.7 Å². The molecule has 0 amide bonds. The zero-order valence-electron chi connectivity index (χ0n) is 12.5. The number of carboxylic acid groups (broad SMARTS) is 1. The lowest BCUT2D eigenvalue weighted by Gasteiger charge is -2.15. The van der Waals surface area contributed by atoms with Crippen molar-refractivity contribution in [1.29, 1.82) is 0 Å². The maximum atomic E-state index is 12.9. The molecule has 2 aromatic rings. The molecule has 0 aliphatic heterocycles. The monoisotopic (exact) mass is 365 g/mol. The smallest absolute Gasteiger partial charge is 0.475 e. The molecule has 0 aliphatic rings. The van der Waals surface area contributed by atoms with Gasteiger partial charge in [-0.2, -0.15) is 26.3 Å². The fourth-order valence-corrected chi connectivity index (χ4v) is 1.93. The molecule has 0 unspecified atom stereocenters. The lowest BCUT2D eigenvalue weighted by Crippen LogP contribution is -2.21. The first-order valence-corrected chi connectivity index (χ1v) is 6.73. The van der Waals surface area contributed by atoms with Crippen molar-refractivity contribution in [2.24, 2.45) is 5.73 Å². The minimum absolute atomic E-state index is 0.172. The van der Waals surface area contributed by atoms with E-state index in [1.165, 1.54) is 12.1 Å². The second-order valence-electron chi connectivity index (χ2n) is 4.71. The van der Waals surface area contributed by atoms with Gasteiger partial charge in [0, 0.05) is 6.54 Å². The summed E-state index contributed by atoms with van der Waals surface area (Å²) in [5, 5.41) is 7.12. The molecule has 0 saturated heterocycles. The molecule has 25 heavy (non-hydrogen) atoms. The summed E-state index contributed by atoms with van der Waals surface area (Å²) in [6.45, 7) is 0.211. The topological polar surface area (TPSA) is 63.3 Å². The van der Waals surface area contributed by atoms with Crippen LogP contribution in [0.4, 0.5) is 26.3 Å². The molecule has 0 fully saturated rings. The van der Waals surface area contributed by atoms with Gasteiger partial charge in [0.05, 0.1) is 5.56 Å². The highest BCUT2D eigenvalue weighted by Gasteiger charge is 2.38. The quantitative estimate of drug-likeness (QED) is 0.772. The van der Waals surface area contributed by atoms with Gasteiger partial charge in [0.1, 0.15) is 0 Å². The van der Waals surface area contributed by atoms with Crippen LogP contribution in [-0.4, -0.2) is 17.3 Å². The molecule has 3 N–H and O–H groups in total. The highest BCUT2D eigenvalue weighted by Crippen LogP contribution is 2.37. The largest absolute Gasteiger partial charge is 0.490 e. The number of hydrogen-bond acceptors (Lipinski definition) is 2. The van der Waals surface area contributed by atoms with Crippen LogP contribution in [0.5, 0.6) is 0 Å². The maximum absolute atomic E-state index is 12.9. The van der Waals surface area contributed by atoms with E-state index in [2.05, 4.69) is 0 Å². The fraction of sp³-hybridized carbons (Fsp3) is 0.188. The molecule has 0 spiro atoms. The fourth-order valence-electron chi connectivity index (χ4n) is 1.93. The first-order valence-electron chi connectivity index (χ1n) is 6.73. The van der Waals surface area contributed by atoms with Gasteiger partial charge in [-0.1, -0.05) is 42.5 Å². The van der Waals surface area contributed by atoms with E-state index >= 15 is 0 Å². The Morgan fingerprint density at radius 2 is 1.32 bits per heavy atom. The molecule has 0 aromatic heterocycles. The van der Waals surface area contributed by atoms with E-state index in [-0.39, 0.29) is 12.1 Å². The third-order valence-electron chi connectivity index (χ3n) is 3.00. The standard InChI is InChI=1S/C14H12F3N.C2HF3O2/c15-14(16,17)13-8-4-3-7-12(13)11-6-2-1-5-10(11)9-18;3-2(4,5)1(6)7/h1-8H,9,18H2;(H,6,7). The van der Waals surface area contributed by atoms with Gasteiger partial charge in [0.2, 0.25) is 0 Å². The lowest BCUT2D eigenvalue weighted by molar-refractivity contribution is -0.192. The Balaban J connectivity index is 0.000000381. The summed E-state index contributed by atoms with van der Waals surface area (Å²) in [7, 11) is 0. The normalized spacial score (nSPS) is 11.5. The van der Waals surface area contributed by atoms with Crippen molar-refractivity contribution in [2.75, 3.05) is 0 Å². The summed E-state index contributed by atoms with van der Waals surface area (Å²) in [6.07, 6.45) is -9.45. The number of hydrogen-bond donors (Lipinski definition) is 2. The zero-order valence-corrected chi connectivity index (χ0v) is 12.5. The molecular formula is C16H13F6NO2. The highest BCUT2D eigenvalue weighted by molar-refractivity contribution is 5.73. The Hall–Kier alpha value is -2.55. The van der Waals surface area contributed by atoms with Crippen LogP contribution in [0.2, 0.25) is 0 Å². The predicted molar refractivity (Wildman–Crippen MR) is 78.5 cm³/mol. The number of carboxylic acids is 1. The lowest BCUT2D eigenvalue weighted by atomic mass is 9.95. The van der Waals surface area contributed by atoms with Crippen LogP contribution in [-0.2, 0) is 17.5 Å². The third kappa shape index (κ3) is 5.79. The molecule has 3 nitrogen and oxygen atoms in total. The van der Waals surface area contributed by atoms with Crippen LogP contribution >= 0.6 is 0 Å². The molecule has 9 heteroatoms. The Morgan fingerprint density at radius 1 is 0.880 bits per heavy atom. The number of rotatable bonds is 2. The van der Waals surface area contributed by atoms with Crippen LogP contribution in [0, 0.1) is 0 Å². The summed E-state index contributed by atoms with van der Waals surface area (Å²) in [5.74, 6) is -2.76. The van der Waals surface area contributed by atoms with Crippen molar-refractivity contribution < 1.29 is 36.2 Å². The SMILES string of the molecule is NCc1ccccc1-c1ccccc1C(F)(F)F.O=C(O)C(F)(F)F. The van der Waals surface area contributed by atoms with E-state index in [1.807, 2.05) is 0 Å². The molecule has 2 aromatic carbocycles. The summed E-state index contributed by atoms with van der Waals surface area (Å²) in [6, 6.07) is 12.4.